The zero-order chi connectivity index (χ0) is 15.6. The van der Waals surface area contributed by atoms with Crippen LogP contribution in [0.1, 0.15) is 16.8 Å². The Morgan fingerprint density at radius 3 is 2.77 bits per heavy atom. The van der Waals surface area contributed by atoms with Crippen molar-refractivity contribution in [2.45, 2.75) is 6.42 Å². The minimum absolute atomic E-state index is 0.0121. The molecule has 0 unspecified atom stereocenters. The van der Waals surface area contributed by atoms with Crippen molar-refractivity contribution >= 4 is 15.7 Å². The summed E-state index contributed by atoms with van der Waals surface area (Å²) in [7, 11) is -2.91. The summed E-state index contributed by atoms with van der Waals surface area (Å²) in [5.74, 6) is 0.167. The molecule has 7 heteroatoms. The molecule has 1 aromatic carbocycles. The summed E-state index contributed by atoms with van der Waals surface area (Å²) in [5, 5.41) is 6.96. The summed E-state index contributed by atoms with van der Waals surface area (Å²) >= 11 is 0. The first kappa shape index (κ1) is 14.8. The van der Waals surface area contributed by atoms with E-state index in [0.717, 1.165) is 5.69 Å². The van der Waals surface area contributed by atoms with Crippen LogP contribution in [0, 0.1) is 5.92 Å². The van der Waals surface area contributed by atoms with Crippen LogP contribution in [0.4, 0.5) is 0 Å². The number of aromatic nitrogens is 2. The van der Waals surface area contributed by atoms with Gasteiger partial charge in [-0.15, -0.1) is 0 Å². The van der Waals surface area contributed by atoms with Crippen LogP contribution >= 0.6 is 0 Å². The van der Waals surface area contributed by atoms with Gasteiger partial charge in [-0.3, -0.25) is 4.79 Å². The van der Waals surface area contributed by atoms with Crippen molar-refractivity contribution in [3.05, 3.63) is 48.3 Å². The first-order valence-corrected chi connectivity index (χ1v) is 8.94. The van der Waals surface area contributed by atoms with Gasteiger partial charge in [-0.2, -0.15) is 5.10 Å². The third kappa shape index (κ3) is 3.36. The largest absolute Gasteiger partial charge is 0.352 e. The number of benzene rings is 1. The predicted octanol–water partition coefficient (Wildman–Crippen LogP) is 1.04. The van der Waals surface area contributed by atoms with E-state index in [1.165, 1.54) is 6.20 Å². The van der Waals surface area contributed by atoms with Gasteiger partial charge >= 0.3 is 0 Å². The number of carbonyl (C=O) groups excluding carboxylic acids is 1. The fourth-order valence-corrected chi connectivity index (χ4v) is 4.40. The highest BCUT2D eigenvalue weighted by Gasteiger charge is 2.28. The van der Waals surface area contributed by atoms with E-state index in [0.29, 0.717) is 18.5 Å². The van der Waals surface area contributed by atoms with E-state index in [2.05, 4.69) is 10.4 Å². The number of hydrogen-bond acceptors (Lipinski definition) is 4. The fourth-order valence-electron chi connectivity index (χ4n) is 2.53. The number of nitrogens with one attached hydrogen (secondary N) is 1. The van der Waals surface area contributed by atoms with Gasteiger partial charge in [0.2, 0.25) is 0 Å². The van der Waals surface area contributed by atoms with Crippen LogP contribution in [0.3, 0.4) is 0 Å². The number of nitrogens with zero attached hydrogens (tertiary/aromatic N) is 2. The first-order chi connectivity index (χ1) is 10.5. The van der Waals surface area contributed by atoms with Crippen molar-refractivity contribution in [1.82, 2.24) is 15.1 Å². The average molecular weight is 319 g/mol. The third-order valence-corrected chi connectivity index (χ3v) is 5.58. The van der Waals surface area contributed by atoms with Crippen LogP contribution in [0.15, 0.2) is 42.7 Å². The van der Waals surface area contributed by atoms with Crippen molar-refractivity contribution < 1.29 is 13.2 Å². The van der Waals surface area contributed by atoms with Gasteiger partial charge in [0.15, 0.2) is 9.84 Å². The van der Waals surface area contributed by atoms with Gasteiger partial charge in [-0.05, 0) is 24.5 Å². The molecular weight excluding hydrogens is 302 g/mol. The summed E-state index contributed by atoms with van der Waals surface area (Å²) < 4.78 is 24.4. The van der Waals surface area contributed by atoms with Gasteiger partial charge in [-0.25, -0.2) is 13.1 Å². The lowest BCUT2D eigenvalue weighted by molar-refractivity contribution is 0.0948. The Hall–Kier alpha value is -2.15. The number of amides is 1. The Balaban J connectivity index is 1.60. The lowest BCUT2D eigenvalue weighted by Gasteiger charge is -2.08. The van der Waals surface area contributed by atoms with Crippen LogP contribution in [0.2, 0.25) is 0 Å². The zero-order valence-corrected chi connectivity index (χ0v) is 12.8. The van der Waals surface area contributed by atoms with Crippen molar-refractivity contribution in [2.75, 3.05) is 18.1 Å². The molecule has 1 N–H and O–H groups in total. The molecule has 116 valence electrons. The number of carbonyl (C=O) groups is 1. The van der Waals surface area contributed by atoms with Gasteiger partial charge in [0, 0.05) is 12.7 Å². The van der Waals surface area contributed by atoms with Crippen molar-refractivity contribution in [1.29, 1.82) is 0 Å². The molecule has 1 fully saturated rings. The van der Waals surface area contributed by atoms with E-state index >= 15 is 0 Å². The van der Waals surface area contributed by atoms with Gasteiger partial charge in [-0.1, -0.05) is 18.2 Å². The molecule has 1 aromatic heterocycles. The van der Waals surface area contributed by atoms with E-state index in [4.69, 9.17) is 0 Å². The average Bonchev–Trinajstić information content (AvgIpc) is 3.12. The fraction of sp³-hybridized carbons (Fsp3) is 0.333. The maximum absolute atomic E-state index is 12.1. The van der Waals surface area contributed by atoms with Crippen molar-refractivity contribution in [3.8, 4) is 5.69 Å². The van der Waals surface area contributed by atoms with Crippen molar-refractivity contribution in [3.63, 3.8) is 0 Å². The molecule has 1 saturated heterocycles. The smallest absolute Gasteiger partial charge is 0.254 e. The first-order valence-electron chi connectivity index (χ1n) is 7.12. The number of rotatable bonds is 4. The highest BCUT2D eigenvalue weighted by Crippen LogP contribution is 2.17. The SMILES string of the molecule is O=C(NC[C@H]1CCS(=O)(=O)C1)c1cnn(-c2ccccc2)c1. The Morgan fingerprint density at radius 2 is 2.09 bits per heavy atom. The Bertz CT molecular complexity index is 768. The highest BCUT2D eigenvalue weighted by molar-refractivity contribution is 7.91. The van der Waals surface area contributed by atoms with E-state index in [-0.39, 0.29) is 23.3 Å². The van der Waals surface area contributed by atoms with Gasteiger partial charge in [0.25, 0.3) is 5.91 Å². The summed E-state index contributed by atoms with van der Waals surface area (Å²) in [5.41, 5.74) is 1.34. The highest BCUT2D eigenvalue weighted by atomic mass is 32.2. The molecule has 22 heavy (non-hydrogen) atoms. The van der Waals surface area contributed by atoms with Crippen LogP contribution in [-0.2, 0) is 9.84 Å². The summed E-state index contributed by atoms with van der Waals surface area (Å²) in [6.07, 6.45) is 3.79. The Labute approximate surface area is 129 Å². The molecule has 0 spiro atoms. The Kier molecular flexibility index (Phi) is 3.98. The van der Waals surface area contributed by atoms with E-state index < -0.39 is 9.84 Å². The number of sulfone groups is 1. The van der Waals surface area contributed by atoms with Crippen LogP contribution in [0.5, 0.6) is 0 Å². The van der Waals surface area contributed by atoms with Crippen LogP contribution < -0.4 is 5.32 Å². The lowest BCUT2D eigenvalue weighted by Crippen LogP contribution is -2.29. The quantitative estimate of drug-likeness (QED) is 0.913. The number of hydrogen-bond donors (Lipinski definition) is 1. The van der Waals surface area contributed by atoms with E-state index in [1.54, 1.807) is 10.9 Å². The molecule has 2 heterocycles. The monoisotopic (exact) mass is 319 g/mol. The molecular formula is C15H17N3O3S. The van der Waals surface area contributed by atoms with Gasteiger partial charge < -0.3 is 5.32 Å². The van der Waals surface area contributed by atoms with E-state index in [9.17, 15) is 13.2 Å². The third-order valence-electron chi connectivity index (χ3n) is 3.74. The second-order valence-corrected chi connectivity index (χ2v) is 7.72. The van der Waals surface area contributed by atoms with Crippen LogP contribution in [0.25, 0.3) is 5.69 Å². The van der Waals surface area contributed by atoms with Crippen molar-refractivity contribution in [2.24, 2.45) is 5.92 Å². The number of para-hydroxylation sites is 1. The Morgan fingerprint density at radius 1 is 1.32 bits per heavy atom. The minimum Gasteiger partial charge on any atom is -0.352 e. The normalized spacial score (nSPS) is 19.9. The zero-order valence-electron chi connectivity index (χ0n) is 12.0. The molecule has 3 rings (SSSR count). The molecule has 0 aliphatic carbocycles. The molecule has 0 bridgehead atoms. The minimum atomic E-state index is -2.91. The topological polar surface area (TPSA) is 81.1 Å². The maximum Gasteiger partial charge on any atom is 0.254 e. The molecule has 1 aliphatic rings. The molecule has 0 radical (unpaired) electrons. The summed E-state index contributed by atoms with van der Waals surface area (Å²) in [6.45, 7) is 0.384. The van der Waals surface area contributed by atoms with Gasteiger partial charge in [0.05, 0.1) is 29.0 Å². The molecule has 1 amide bonds. The summed E-state index contributed by atoms with van der Waals surface area (Å²) in [4.78, 5) is 12.1. The van der Waals surface area contributed by atoms with Gasteiger partial charge in [0.1, 0.15) is 0 Å². The molecule has 1 aliphatic heterocycles. The summed E-state index contributed by atoms with van der Waals surface area (Å²) in [6, 6.07) is 9.51. The lowest BCUT2D eigenvalue weighted by atomic mass is 10.1. The predicted molar refractivity (Wildman–Crippen MR) is 82.7 cm³/mol. The second kappa shape index (κ2) is 5.92. The molecule has 0 saturated carbocycles. The van der Waals surface area contributed by atoms with Crippen LogP contribution in [-0.4, -0.2) is 42.2 Å². The maximum atomic E-state index is 12.1. The molecule has 1 atom stereocenters. The molecule has 2 aromatic rings. The second-order valence-electron chi connectivity index (χ2n) is 5.49. The standard InChI is InChI=1S/C15H17N3O3S/c19-15(16-8-12-6-7-22(20,21)11-12)13-9-17-18(10-13)14-4-2-1-3-5-14/h1-5,9-10,12H,6-8,11H2,(H,16,19)/t12-/m1/s1. The molecule has 6 nitrogen and oxygen atoms in total. The van der Waals surface area contributed by atoms with E-state index in [1.807, 2.05) is 30.3 Å².